The number of unbranched alkanes of at least 4 members (excludes halogenated alkanes) is 6. The summed E-state index contributed by atoms with van der Waals surface area (Å²) in [5, 5.41) is 15.9. The summed E-state index contributed by atoms with van der Waals surface area (Å²) in [6, 6.07) is 7.06. The number of nitrogens with zero attached hydrogens (tertiary/aromatic N) is 6. The Balaban J connectivity index is 0.00000206. The molecule has 6 nitrogen and oxygen atoms in total. The summed E-state index contributed by atoms with van der Waals surface area (Å²) in [5.74, 6) is 0. The van der Waals surface area contributed by atoms with Gasteiger partial charge in [-0.15, -0.1) is 0 Å². The van der Waals surface area contributed by atoms with Crippen molar-refractivity contribution in [2.24, 2.45) is 0 Å². The summed E-state index contributed by atoms with van der Waals surface area (Å²) < 4.78 is 6.66. The molecular formula is C34H57Cl2MnN6-. The van der Waals surface area contributed by atoms with Crippen molar-refractivity contribution in [3.63, 3.8) is 0 Å². The summed E-state index contributed by atoms with van der Waals surface area (Å²) >= 11 is 0.00694. The molecule has 0 aliphatic heterocycles. The van der Waals surface area contributed by atoms with E-state index in [0.717, 1.165) is 83.3 Å². The van der Waals surface area contributed by atoms with Gasteiger partial charge in [0.1, 0.15) is 0 Å². The van der Waals surface area contributed by atoms with E-state index in [2.05, 4.69) is 73.8 Å². The average Bonchev–Trinajstić information content (AvgIpc) is 3.72. The topological polar surface area (TPSA) is 53.5 Å². The third kappa shape index (κ3) is 12.1. The van der Waals surface area contributed by atoms with E-state index >= 15 is 0 Å². The molecule has 0 saturated carbocycles. The van der Waals surface area contributed by atoms with Gasteiger partial charge < -0.3 is 0 Å². The molecule has 0 aliphatic rings. The predicted molar refractivity (Wildman–Crippen MR) is 179 cm³/mol. The Bertz CT molecular complexity index is 1000. The molecule has 0 aromatic carbocycles. The zero-order valence-electron chi connectivity index (χ0n) is 27.8. The van der Waals surface area contributed by atoms with Gasteiger partial charge in [-0.25, -0.2) is 0 Å². The molecule has 3 aromatic rings. The van der Waals surface area contributed by atoms with E-state index in [1.165, 1.54) is 72.7 Å². The number of aromatic nitrogens is 6. The van der Waals surface area contributed by atoms with Crippen molar-refractivity contribution >= 4 is 20.2 Å². The van der Waals surface area contributed by atoms with E-state index < -0.39 is 0 Å². The summed E-state index contributed by atoms with van der Waals surface area (Å²) in [7, 11) is 9.59. The fourth-order valence-electron chi connectivity index (χ4n) is 5.26. The molecule has 43 heavy (non-hydrogen) atoms. The van der Waals surface area contributed by atoms with Crippen molar-refractivity contribution in [2.45, 2.75) is 157 Å². The first-order chi connectivity index (χ1) is 21.0. The molecule has 3 heterocycles. The molecule has 0 N–H and O–H groups in total. The molecule has 0 bridgehead atoms. The SMILES string of the molecule is CCCCc1cc(CCCC)n([C-](n2nc(CCCC)cc2CCCC)n2nc(CCCC)cc2CCCC)n1.[Cl][Mn][Cl]. The van der Waals surface area contributed by atoms with Crippen molar-refractivity contribution in [3.8, 4) is 0 Å². The monoisotopic (exact) mass is 674 g/mol. The van der Waals surface area contributed by atoms with Gasteiger partial charge in [0, 0.05) is 0 Å². The van der Waals surface area contributed by atoms with Crippen LogP contribution in [0.1, 0.15) is 153 Å². The van der Waals surface area contributed by atoms with E-state index in [0.29, 0.717) is 0 Å². The Labute approximate surface area is 277 Å². The Hall–Kier alpha value is -1.40. The van der Waals surface area contributed by atoms with Crippen LogP contribution in [-0.4, -0.2) is 29.3 Å². The van der Waals surface area contributed by atoms with Crippen LogP contribution in [0.4, 0.5) is 0 Å². The summed E-state index contributed by atoms with van der Waals surface area (Å²) in [6.07, 6.45) is 21.1. The second kappa shape index (κ2) is 22.2. The molecule has 0 unspecified atom stereocenters. The van der Waals surface area contributed by atoms with E-state index in [1.54, 1.807) is 0 Å². The first kappa shape index (κ1) is 37.8. The Morgan fingerprint density at radius 1 is 0.488 bits per heavy atom. The van der Waals surface area contributed by atoms with Crippen LogP contribution in [0, 0.1) is 6.29 Å². The fourth-order valence-corrected chi connectivity index (χ4v) is 5.26. The molecule has 0 saturated heterocycles. The molecule has 3 rings (SSSR count). The Morgan fingerprint density at radius 2 is 0.721 bits per heavy atom. The Kier molecular flexibility index (Phi) is 19.5. The number of hydrogen-bond donors (Lipinski definition) is 0. The van der Waals surface area contributed by atoms with Crippen LogP contribution in [0.5, 0.6) is 0 Å². The van der Waals surface area contributed by atoms with Crippen LogP contribution in [-0.2, 0) is 51.7 Å². The van der Waals surface area contributed by atoms with Crippen molar-refractivity contribution in [1.82, 2.24) is 29.3 Å². The van der Waals surface area contributed by atoms with Crippen molar-refractivity contribution in [3.05, 3.63) is 58.7 Å². The third-order valence-electron chi connectivity index (χ3n) is 7.79. The molecule has 0 radical (unpaired) electrons. The van der Waals surface area contributed by atoms with Gasteiger partial charge in [-0.05, 0) is 74.9 Å². The molecule has 0 spiro atoms. The van der Waals surface area contributed by atoms with E-state index in [1.807, 2.05) is 0 Å². The minimum atomic E-state index is 0.00694. The molecule has 245 valence electrons. The first-order valence-corrected chi connectivity index (χ1v) is 20.2. The van der Waals surface area contributed by atoms with Crippen molar-refractivity contribution in [1.29, 1.82) is 0 Å². The van der Waals surface area contributed by atoms with E-state index in [9.17, 15) is 0 Å². The quantitative estimate of drug-likeness (QED) is 0.0834. The van der Waals surface area contributed by atoms with Gasteiger partial charge in [-0.2, -0.15) is 15.3 Å². The van der Waals surface area contributed by atoms with Crippen molar-refractivity contribution < 1.29 is 13.1 Å². The summed E-state index contributed by atoms with van der Waals surface area (Å²) in [4.78, 5) is 0. The maximum atomic E-state index is 5.30. The summed E-state index contributed by atoms with van der Waals surface area (Å²) in [5.41, 5.74) is 7.40. The molecule has 3 aromatic heterocycles. The fraction of sp³-hybridized carbons (Fsp3) is 0.706. The van der Waals surface area contributed by atoms with Gasteiger partial charge in [0.25, 0.3) is 0 Å². The van der Waals surface area contributed by atoms with Crippen LogP contribution in [0.2, 0.25) is 0 Å². The van der Waals surface area contributed by atoms with Crippen molar-refractivity contribution in [2.75, 3.05) is 0 Å². The number of rotatable bonds is 21. The second-order valence-corrected chi connectivity index (χ2v) is 13.5. The van der Waals surface area contributed by atoms with Crippen LogP contribution in [0.25, 0.3) is 0 Å². The van der Waals surface area contributed by atoms with Gasteiger partial charge in [-0.3, -0.25) is 14.0 Å². The van der Waals surface area contributed by atoms with Gasteiger partial charge >= 0.3 is 33.3 Å². The van der Waals surface area contributed by atoms with Gasteiger partial charge in [-0.1, -0.05) is 118 Å². The van der Waals surface area contributed by atoms with Crippen LogP contribution in [0.15, 0.2) is 18.2 Å². The number of halogens is 2. The normalized spacial score (nSPS) is 11.2. The van der Waals surface area contributed by atoms with Crippen LogP contribution < -0.4 is 0 Å². The number of hydrogen-bond acceptors (Lipinski definition) is 3. The molecular weight excluding hydrogens is 618 g/mol. The zero-order chi connectivity index (χ0) is 31.5. The van der Waals surface area contributed by atoms with Gasteiger partial charge in [0.05, 0.1) is 17.1 Å². The number of aryl methyl sites for hydroxylation is 6. The van der Waals surface area contributed by atoms with E-state index in [-0.39, 0.29) is 13.1 Å². The Morgan fingerprint density at radius 3 is 0.953 bits per heavy atom. The van der Waals surface area contributed by atoms with Crippen LogP contribution >= 0.6 is 20.2 Å². The summed E-state index contributed by atoms with van der Waals surface area (Å²) in [6.45, 7) is 13.6. The second-order valence-electron chi connectivity index (χ2n) is 11.6. The van der Waals surface area contributed by atoms with Gasteiger partial charge in [0.15, 0.2) is 6.29 Å². The van der Waals surface area contributed by atoms with Gasteiger partial charge in [0.2, 0.25) is 0 Å². The molecule has 0 amide bonds. The average molecular weight is 676 g/mol. The molecule has 0 fully saturated rings. The van der Waals surface area contributed by atoms with Crippen LogP contribution in [0.3, 0.4) is 0 Å². The minimum absolute atomic E-state index is 0.00694. The maximum absolute atomic E-state index is 5.30. The third-order valence-corrected chi connectivity index (χ3v) is 7.79. The molecule has 9 heteroatoms. The molecule has 0 atom stereocenters. The van der Waals surface area contributed by atoms with E-state index in [4.69, 9.17) is 35.5 Å². The first-order valence-electron chi connectivity index (χ1n) is 17.0. The predicted octanol–water partition coefficient (Wildman–Crippen LogP) is 10.1. The molecule has 0 aliphatic carbocycles. The standard InChI is InChI=1S/C34H57N6.2ClH.Mn/c1-7-13-19-28-25-31(22-16-10-4)38(35-28)34(39-32(23-17-11-5)26-29(36-39)20-14-8-2)40-33(24-18-12-6)27-30(37-40)21-15-9-3;;;/h25-27H,7-24H2,1-6H3;2*1H;/q-1;;;+2/p-2. The zero-order valence-corrected chi connectivity index (χ0v) is 30.5.